The lowest BCUT2D eigenvalue weighted by atomic mass is 10.2. The van der Waals surface area contributed by atoms with Crippen molar-refractivity contribution < 1.29 is 17.9 Å². The minimum atomic E-state index is -3.65. The molecule has 0 aliphatic rings. The highest BCUT2D eigenvalue weighted by molar-refractivity contribution is 7.92. The van der Waals surface area contributed by atoms with Crippen LogP contribution in [0, 0.1) is 11.3 Å². The first-order valence-electron chi connectivity index (χ1n) is 7.25. The maximum absolute atomic E-state index is 12.2. The molecule has 7 nitrogen and oxygen atoms in total. The summed E-state index contributed by atoms with van der Waals surface area (Å²) in [5.74, 6) is 0.0881. The Balaban J connectivity index is 2.15. The summed E-state index contributed by atoms with van der Waals surface area (Å²) in [7, 11) is -2.14. The summed E-state index contributed by atoms with van der Waals surface area (Å²) in [6, 6.07) is 14.6. The van der Waals surface area contributed by atoms with E-state index in [1.807, 2.05) is 6.07 Å². The van der Waals surface area contributed by atoms with E-state index in [-0.39, 0.29) is 6.54 Å². The van der Waals surface area contributed by atoms with Gasteiger partial charge in [-0.15, -0.1) is 0 Å². The quantitative estimate of drug-likeness (QED) is 0.850. The zero-order valence-electron chi connectivity index (χ0n) is 13.8. The number of hydrogen-bond acceptors (Lipinski definition) is 5. The summed E-state index contributed by atoms with van der Waals surface area (Å²) in [6.45, 7) is -0.370. The summed E-state index contributed by atoms with van der Waals surface area (Å²) in [6.07, 6.45) is 1.03. The van der Waals surface area contributed by atoms with E-state index in [1.165, 1.54) is 7.11 Å². The molecule has 0 radical (unpaired) electrons. The molecule has 2 aromatic rings. The number of carbonyl (C=O) groups excluding carboxylic acids is 1. The average Bonchev–Trinajstić information content (AvgIpc) is 2.59. The molecule has 1 amide bonds. The topological polar surface area (TPSA) is 99.5 Å². The standard InChI is InChI=1S/C17H17N3O4S/c1-24-16-9-7-15(8-10-16)20(25(2,22)23)12-17(21)19-14-5-3-13(11-18)4-6-14/h3-10H,12H2,1-2H3,(H,19,21). The Hall–Kier alpha value is -3.05. The van der Waals surface area contributed by atoms with Crippen LogP contribution in [0.15, 0.2) is 48.5 Å². The molecule has 8 heteroatoms. The predicted octanol–water partition coefficient (Wildman–Crippen LogP) is 1.97. The van der Waals surface area contributed by atoms with Gasteiger partial charge in [-0.05, 0) is 48.5 Å². The molecule has 25 heavy (non-hydrogen) atoms. The Bertz CT molecular complexity index is 885. The molecule has 0 fully saturated rings. The Morgan fingerprint density at radius 2 is 1.76 bits per heavy atom. The van der Waals surface area contributed by atoms with E-state index < -0.39 is 15.9 Å². The second-order valence-electron chi connectivity index (χ2n) is 5.20. The van der Waals surface area contributed by atoms with Crippen LogP contribution in [0.1, 0.15) is 5.56 Å². The molecular weight excluding hydrogens is 342 g/mol. The van der Waals surface area contributed by atoms with Crippen LogP contribution in [0.4, 0.5) is 11.4 Å². The lowest BCUT2D eigenvalue weighted by Gasteiger charge is -2.22. The Kier molecular flexibility index (Phi) is 5.62. The van der Waals surface area contributed by atoms with E-state index in [4.69, 9.17) is 10.00 Å². The highest BCUT2D eigenvalue weighted by atomic mass is 32.2. The Morgan fingerprint density at radius 3 is 2.24 bits per heavy atom. The van der Waals surface area contributed by atoms with Crippen molar-refractivity contribution in [2.24, 2.45) is 0 Å². The van der Waals surface area contributed by atoms with Gasteiger partial charge >= 0.3 is 0 Å². The van der Waals surface area contributed by atoms with Gasteiger partial charge in [0.05, 0.1) is 30.7 Å². The van der Waals surface area contributed by atoms with E-state index in [9.17, 15) is 13.2 Å². The fraction of sp³-hybridized carbons (Fsp3) is 0.176. The molecule has 2 aromatic carbocycles. The summed E-state index contributed by atoms with van der Waals surface area (Å²) in [4.78, 5) is 12.2. The minimum absolute atomic E-state index is 0.360. The molecule has 1 N–H and O–H groups in total. The predicted molar refractivity (Wildman–Crippen MR) is 95.0 cm³/mol. The van der Waals surface area contributed by atoms with Crippen LogP contribution in [0.3, 0.4) is 0 Å². The highest BCUT2D eigenvalue weighted by Crippen LogP contribution is 2.21. The van der Waals surface area contributed by atoms with Gasteiger partial charge in [0.2, 0.25) is 15.9 Å². The van der Waals surface area contributed by atoms with Crippen LogP contribution in [0.5, 0.6) is 5.75 Å². The number of amides is 1. The van der Waals surface area contributed by atoms with Gasteiger partial charge in [-0.25, -0.2) is 8.42 Å². The lowest BCUT2D eigenvalue weighted by Crippen LogP contribution is -2.37. The number of nitrogens with one attached hydrogen (secondary N) is 1. The molecule has 0 unspecified atom stereocenters. The maximum atomic E-state index is 12.2. The highest BCUT2D eigenvalue weighted by Gasteiger charge is 2.21. The smallest absolute Gasteiger partial charge is 0.245 e. The van der Waals surface area contributed by atoms with Crippen molar-refractivity contribution in [3.05, 3.63) is 54.1 Å². The Labute approximate surface area is 146 Å². The van der Waals surface area contributed by atoms with E-state index in [2.05, 4.69) is 5.32 Å². The van der Waals surface area contributed by atoms with Gasteiger partial charge in [0, 0.05) is 5.69 Å². The van der Waals surface area contributed by atoms with Gasteiger partial charge in [0.1, 0.15) is 12.3 Å². The van der Waals surface area contributed by atoms with Crippen LogP contribution < -0.4 is 14.4 Å². The summed E-state index contributed by atoms with van der Waals surface area (Å²) in [5.41, 5.74) is 1.31. The van der Waals surface area contributed by atoms with Crippen molar-refractivity contribution in [1.29, 1.82) is 5.26 Å². The van der Waals surface area contributed by atoms with E-state index in [0.717, 1.165) is 10.6 Å². The van der Waals surface area contributed by atoms with Crippen LogP contribution in [-0.2, 0) is 14.8 Å². The monoisotopic (exact) mass is 359 g/mol. The van der Waals surface area contributed by atoms with Crippen LogP contribution in [0.25, 0.3) is 0 Å². The largest absolute Gasteiger partial charge is 0.497 e. The van der Waals surface area contributed by atoms with Crippen molar-refractivity contribution in [1.82, 2.24) is 0 Å². The van der Waals surface area contributed by atoms with E-state index in [1.54, 1.807) is 48.5 Å². The molecule has 130 valence electrons. The van der Waals surface area contributed by atoms with Gasteiger partial charge in [-0.1, -0.05) is 0 Å². The number of carbonyl (C=O) groups is 1. The first kappa shape index (κ1) is 18.3. The molecule has 0 aromatic heterocycles. The molecule has 0 atom stereocenters. The lowest BCUT2D eigenvalue weighted by molar-refractivity contribution is -0.114. The molecule has 0 heterocycles. The number of nitriles is 1. The zero-order chi connectivity index (χ0) is 18.4. The molecule has 0 aliphatic carbocycles. The second kappa shape index (κ2) is 7.68. The number of hydrogen-bond donors (Lipinski definition) is 1. The van der Waals surface area contributed by atoms with E-state index in [0.29, 0.717) is 22.7 Å². The second-order valence-corrected chi connectivity index (χ2v) is 7.11. The third-order valence-electron chi connectivity index (χ3n) is 3.35. The number of anilines is 2. The van der Waals surface area contributed by atoms with Crippen LogP contribution in [-0.4, -0.2) is 34.2 Å². The molecule has 0 saturated carbocycles. The average molecular weight is 359 g/mol. The van der Waals surface area contributed by atoms with Gasteiger partial charge < -0.3 is 10.1 Å². The first-order chi connectivity index (χ1) is 11.8. The fourth-order valence-electron chi connectivity index (χ4n) is 2.11. The maximum Gasteiger partial charge on any atom is 0.245 e. The van der Waals surface area contributed by atoms with Gasteiger partial charge in [0.15, 0.2) is 0 Å². The Morgan fingerprint density at radius 1 is 1.16 bits per heavy atom. The number of rotatable bonds is 6. The van der Waals surface area contributed by atoms with Gasteiger partial charge in [-0.2, -0.15) is 5.26 Å². The molecule has 0 bridgehead atoms. The fourth-order valence-corrected chi connectivity index (χ4v) is 2.96. The third kappa shape index (κ3) is 4.96. The zero-order valence-corrected chi connectivity index (χ0v) is 14.6. The van der Waals surface area contributed by atoms with Crippen molar-refractivity contribution in [2.45, 2.75) is 0 Å². The molecular formula is C17H17N3O4S. The van der Waals surface area contributed by atoms with Crippen molar-refractivity contribution in [3.63, 3.8) is 0 Å². The SMILES string of the molecule is COc1ccc(N(CC(=O)Nc2ccc(C#N)cc2)S(C)(=O)=O)cc1. The van der Waals surface area contributed by atoms with Crippen molar-refractivity contribution in [3.8, 4) is 11.8 Å². The summed E-state index contributed by atoms with van der Waals surface area (Å²) >= 11 is 0. The van der Waals surface area contributed by atoms with E-state index >= 15 is 0 Å². The number of sulfonamides is 1. The van der Waals surface area contributed by atoms with Crippen LogP contribution in [0.2, 0.25) is 0 Å². The number of nitrogens with zero attached hydrogens (tertiary/aromatic N) is 2. The first-order valence-corrected chi connectivity index (χ1v) is 9.10. The number of benzene rings is 2. The number of ether oxygens (including phenoxy) is 1. The van der Waals surface area contributed by atoms with Gasteiger partial charge in [0.25, 0.3) is 0 Å². The number of methoxy groups -OCH3 is 1. The normalized spacial score (nSPS) is 10.6. The van der Waals surface area contributed by atoms with Crippen molar-refractivity contribution >= 4 is 27.3 Å². The minimum Gasteiger partial charge on any atom is -0.497 e. The molecule has 0 saturated heterocycles. The molecule has 2 rings (SSSR count). The molecule has 0 spiro atoms. The summed E-state index contributed by atoms with van der Waals surface area (Å²) < 4.78 is 30.1. The van der Waals surface area contributed by atoms with Gasteiger partial charge in [-0.3, -0.25) is 9.10 Å². The van der Waals surface area contributed by atoms with Crippen molar-refractivity contribution in [2.75, 3.05) is 29.5 Å². The molecule has 0 aliphatic heterocycles. The third-order valence-corrected chi connectivity index (χ3v) is 4.49. The summed E-state index contributed by atoms with van der Waals surface area (Å²) in [5, 5.41) is 11.4. The van der Waals surface area contributed by atoms with Crippen LogP contribution >= 0.6 is 0 Å².